The van der Waals surface area contributed by atoms with Crippen LogP contribution in [0.2, 0.25) is 5.02 Å². The van der Waals surface area contributed by atoms with E-state index in [2.05, 4.69) is 0 Å². The second kappa shape index (κ2) is 5.76. The molecule has 0 bridgehead atoms. The zero-order valence-corrected chi connectivity index (χ0v) is 12.0. The highest BCUT2D eigenvalue weighted by Gasteiger charge is 2.28. The maximum atomic E-state index is 12.4. The van der Waals surface area contributed by atoms with E-state index in [1.165, 1.54) is 16.4 Å². The summed E-state index contributed by atoms with van der Waals surface area (Å²) in [4.78, 5) is 0.172. The summed E-state index contributed by atoms with van der Waals surface area (Å²) in [5, 5.41) is 9.78. The number of rotatable bonds is 3. The summed E-state index contributed by atoms with van der Waals surface area (Å²) >= 11 is 5.99. The third kappa shape index (κ3) is 3.09. The van der Waals surface area contributed by atoms with Crippen LogP contribution in [0.15, 0.2) is 23.1 Å². The maximum absolute atomic E-state index is 12.4. The number of piperidine rings is 1. The normalized spacial score (nSPS) is 18.7. The Morgan fingerprint density at radius 3 is 2.53 bits per heavy atom. The van der Waals surface area contributed by atoms with Crippen LogP contribution in [-0.2, 0) is 16.6 Å². The number of sulfonamides is 1. The van der Waals surface area contributed by atoms with Crippen LogP contribution in [0.25, 0.3) is 0 Å². The maximum Gasteiger partial charge on any atom is 0.243 e. The molecule has 19 heavy (non-hydrogen) atoms. The Balaban J connectivity index is 2.27. The minimum atomic E-state index is -3.54. The molecule has 1 aliphatic rings. The SMILES string of the molecule is NCc1ccc(S(=O)(=O)N2CCC(O)CC2)cc1Cl. The molecule has 7 heteroatoms. The largest absolute Gasteiger partial charge is 0.393 e. The molecular formula is C12H17ClN2O3S. The highest BCUT2D eigenvalue weighted by atomic mass is 35.5. The molecule has 1 aromatic rings. The summed E-state index contributed by atoms with van der Waals surface area (Å²) < 4.78 is 26.2. The lowest BCUT2D eigenvalue weighted by molar-refractivity contribution is 0.113. The Bertz CT molecular complexity index is 554. The average molecular weight is 305 g/mol. The van der Waals surface area contributed by atoms with Gasteiger partial charge in [0.2, 0.25) is 10.0 Å². The van der Waals surface area contributed by atoms with Gasteiger partial charge in [0.05, 0.1) is 11.0 Å². The molecular weight excluding hydrogens is 288 g/mol. The van der Waals surface area contributed by atoms with Gasteiger partial charge in [-0.1, -0.05) is 17.7 Å². The second-order valence-electron chi connectivity index (χ2n) is 4.59. The number of nitrogens with zero attached hydrogens (tertiary/aromatic N) is 1. The summed E-state index contributed by atoms with van der Waals surface area (Å²) in [5.41, 5.74) is 6.21. The Kier molecular flexibility index (Phi) is 4.47. The molecule has 1 aliphatic heterocycles. The Morgan fingerprint density at radius 1 is 1.37 bits per heavy atom. The number of benzene rings is 1. The van der Waals surface area contributed by atoms with E-state index in [1.807, 2.05) is 0 Å². The van der Waals surface area contributed by atoms with Crippen LogP contribution in [0.1, 0.15) is 18.4 Å². The molecule has 0 atom stereocenters. The van der Waals surface area contributed by atoms with Gasteiger partial charge in [0.1, 0.15) is 0 Å². The smallest absolute Gasteiger partial charge is 0.243 e. The first-order valence-corrected chi connectivity index (χ1v) is 7.93. The molecule has 1 heterocycles. The van der Waals surface area contributed by atoms with Crippen molar-refractivity contribution in [3.8, 4) is 0 Å². The fourth-order valence-electron chi connectivity index (χ4n) is 2.09. The third-order valence-corrected chi connectivity index (χ3v) is 5.55. The number of nitrogens with two attached hydrogens (primary N) is 1. The van der Waals surface area contributed by atoms with Gasteiger partial charge in [0.15, 0.2) is 0 Å². The molecule has 5 nitrogen and oxygen atoms in total. The van der Waals surface area contributed by atoms with Gasteiger partial charge in [0, 0.05) is 24.7 Å². The first-order chi connectivity index (χ1) is 8.95. The van der Waals surface area contributed by atoms with E-state index in [-0.39, 0.29) is 11.4 Å². The molecule has 0 aromatic heterocycles. The number of aliphatic hydroxyl groups excluding tert-OH is 1. The van der Waals surface area contributed by atoms with E-state index >= 15 is 0 Å². The summed E-state index contributed by atoms with van der Waals surface area (Å²) in [6.07, 6.45) is 0.525. The Labute approximate surface area is 118 Å². The van der Waals surface area contributed by atoms with Crippen molar-refractivity contribution in [2.45, 2.75) is 30.4 Å². The lowest BCUT2D eigenvalue weighted by atomic mass is 10.1. The highest BCUT2D eigenvalue weighted by molar-refractivity contribution is 7.89. The van der Waals surface area contributed by atoms with Gasteiger partial charge in [-0.05, 0) is 30.5 Å². The van der Waals surface area contributed by atoms with Crippen LogP contribution < -0.4 is 5.73 Å². The van der Waals surface area contributed by atoms with E-state index in [4.69, 9.17) is 17.3 Å². The van der Waals surface area contributed by atoms with Crippen molar-refractivity contribution in [3.05, 3.63) is 28.8 Å². The standard InChI is InChI=1S/C12H17ClN2O3S/c13-12-7-11(2-1-9(12)8-14)19(17,18)15-5-3-10(16)4-6-15/h1-2,7,10,16H,3-6,8,14H2. The van der Waals surface area contributed by atoms with Crippen molar-refractivity contribution in [1.82, 2.24) is 4.31 Å². The van der Waals surface area contributed by atoms with Gasteiger partial charge in [-0.2, -0.15) is 4.31 Å². The van der Waals surface area contributed by atoms with Gasteiger partial charge < -0.3 is 10.8 Å². The molecule has 0 unspecified atom stereocenters. The summed E-state index contributed by atoms with van der Waals surface area (Å²) in [7, 11) is -3.54. The van der Waals surface area contributed by atoms with Gasteiger partial charge in [-0.25, -0.2) is 8.42 Å². The molecule has 106 valence electrons. The van der Waals surface area contributed by atoms with E-state index in [0.29, 0.717) is 31.0 Å². The number of halogens is 1. The van der Waals surface area contributed by atoms with Crippen LogP contribution in [0, 0.1) is 0 Å². The fourth-order valence-corrected chi connectivity index (χ4v) is 3.90. The lowest BCUT2D eigenvalue weighted by Crippen LogP contribution is -2.40. The molecule has 1 aromatic carbocycles. The van der Waals surface area contributed by atoms with E-state index < -0.39 is 16.1 Å². The van der Waals surface area contributed by atoms with Crippen molar-refractivity contribution in [1.29, 1.82) is 0 Å². The predicted molar refractivity (Wildman–Crippen MR) is 73.3 cm³/mol. The quantitative estimate of drug-likeness (QED) is 0.870. The topological polar surface area (TPSA) is 83.6 Å². The molecule has 0 saturated carbocycles. The van der Waals surface area contributed by atoms with Crippen molar-refractivity contribution in [3.63, 3.8) is 0 Å². The van der Waals surface area contributed by atoms with Crippen molar-refractivity contribution >= 4 is 21.6 Å². The summed E-state index contributed by atoms with van der Waals surface area (Å²) in [6.45, 7) is 0.939. The van der Waals surface area contributed by atoms with Crippen molar-refractivity contribution in [2.75, 3.05) is 13.1 Å². The van der Waals surface area contributed by atoms with Crippen molar-refractivity contribution in [2.24, 2.45) is 5.73 Å². The minimum absolute atomic E-state index is 0.172. The van der Waals surface area contributed by atoms with Crippen LogP contribution in [0.3, 0.4) is 0 Å². The summed E-state index contributed by atoms with van der Waals surface area (Å²) in [5.74, 6) is 0. The van der Waals surface area contributed by atoms with E-state index in [1.54, 1.807) is 6.07 Å². The number of aliphatic hydroxyl groups is 1. The van der Waals surface area contributed by atoms with Crippen LogP contribution in [0.5, 0.6) is 0 Å². The molecule has 0 aliphatic carbocycles. The molecule has 1 fully saturated rings. The number of hydrogen-bond acceptors (Lipinski definition) is 4. The van der Waals surface area contributed by atoms with Gasteiger partial charge in [-0.3, -0.25) is 0 Å². The highest BCUT2D eigenvalue weighted by Crippen LogP contribution is 2.25. The van der Waals surface area contributed by atoms with Gasteiger partial charge >= 0.3 is 0 Å². The molecule has 1 saturated heterocycles. The molecule has 0 amide bonds. The molecule has 2 rings (SSSR count). The van der Waals surface area contributed by atoms with E-state index in [0.717, 1.165) is 5.56 Å². The lowest BCUT2D eigenvalue weighted by Gasteiger charge is -2.28. The predicted octanol–water partition coefficient (Wildman–Crippen LogP) is 0.944. The Hall–Kier alpha value is -0.660. The number of hydrogen-bond donors (Lipinski definition) is 2. The van der Waals surface area contributed by atoms with E-state index in [9.17, 15) is 13.5 Å². The first-order valence-electron chi connectivity index (χ1n) is 6.12. The average Bonchev–Trinajstić information content (AvgIpc) is 2.39. The molecule has 0 spiro atoms. The minimum Gasteiger partial charge on any atom is -0.393 e. The van der Waals surface area contributed by atoms with Crippen LogP contribution in [0.4, 0.5) is 0 Å². The molecule has 3 N–H and O–H groups in total. The van der Waals surface area contributed by atoms with Gasteiger partial charge in [0.25, 0.3) is 0 Å². The Morgan fingerprint density at radius 2 is 2.00 bits per heavy atom. The van der Waals surface area contributed by atoms with Gasteiger partial charge in [-0.15, -0.1) is 0 Å². The second-order valence-corrected chi connectivity index (χ2v) is 6.94. The fraction of sp³-hybridized carbons (Fsp3) is 0.500. The third-order valence-electron chi connectivity index (χ3n) is 3.31. The first kappa shape index (κ1) is 14.7. The van der Waals surface area contributed by atoms with Crippen molar-refractivity contribution < 1.29 is 13.5 Å². The van der Waals surface area contributed by atoms with Crippen LogP contribution in [-0.4, -0.2) is 37.0 Å². The zero-order chi connectivity index (χ0) is 14.0. The summed E-state index contributed by atoms with van der Waals surface area (Å²) in [6, 6.07) is 4.59. The zero-order valence-electron chi connectivity index (χ0n) is 10.4. The monoisotopic (exact) mass is 304 g/mol. The van der Waals surface area contributed by atoms with Crippen LogP contribution >= 0.6 is 11.6 Å². The molecule has 0 radical (unpaired) electrons.